The second-order valence-electron chi connectivity index (χ2n) is 6.93. The molecule has 1 amide bonds. The van der Waals surface area contributed by atoms with Crippen LogP contribution in [0.1, 0.15) is 22.3 Å². The van der Waals surface area contributed by atoms with Gasteiger partial charge in [0.1, 0.15) is 0 Å². The fraction of sp³-hybridized carbons (Fsp3) is 0.316. The summed E-state index contributed by atoms with van der Waals surface area (Å²) in [6, 6.07) is 8.02. The quantitative estimate of drug-likeness (QED) is 0.700. The zero-order chi connectivity index (χ0) is 23.0. The first-order valence-corrected chi connectivity index (χ1v) is 10.4. The van der Waals surface area contributed by atoms with Gasteiger partial charge in [0.15, 0.2) is 0 Å². The van der Waals surface area contributed by atoms with Crippen molar-refractivity contribution in [3.05, 3.63) is 64.7 Å². The van der Waals surface area contributed by atoms with Crippen LogP contribution in [-0.4, -0.2) is 31.9 Å². The molecule has 5 nitrogen and oxygen atoms in total. The standard InChI is InChI=1S/C19H16F6N2O3S/c20-18(21,22)15-3-1-2-12(8-15)10-26-31(29,30)16-5-4-13-6-7-27(11-14(13)9-16)17(28)19(23,24)25/h1-5,8-9,26H,6-7,10-11H2. The van der Waals surface area contributed by atoms with Crippen LogP contribution in [0.5, 0.6) is 0 Å². The van der Waals surface area contributed by atoms with Crippen molar-refractivity contribution in [2.45, 2.75) is 36.8 Å². The number of rotatable bonds is 4. The number of halogens is 6. The Balaban J connectivity index is 1.77. The van der Waals surface area contributed by atoms with Gasteiger partial charge in [-0.25, -0.2) is 13.1 Å². The SMILES string of the molecule is O=C(N1CCc2ccc(S(=O)(=O)NCc3cccc(C(F)(F)F)c3)cc2C1)C(F)(F)F. The Morgan fingerprint density at radius 2 is 1.71 bits per heavy atom. The van der Waals surface area contributed by atoms with E-state index in [9.17, 15) is 39.6 Å². The first-order valence-electron chi connectivity index (χ1n) is 8.91. The zero-order valence-corrected chi connectivity index (χ0v) is 16.5. The van der Waals surface area contributed by atoms with E-state index in [1.165, 1.54) is 24.3 Å². The second kappa shape index (κ2) is 8.15. The minimum Gasteiger partial charge on any atom is -0.330 e. The molecule has 12 heteroatoms. The van der Waals surface area contributed by atoms with Gasteiger partial charge < -0.3 is 4.90 Å². The number of carbonyl (C=O) groups is 1. The van der Waals surface area contributed by atoms with E-state index in [1.54, 1.807) is 0 Å². The Morgan fingerprint density at radius 1 is 1.00 bits per heavy atom. The van der Waals surface area contributed by atoms with Crippen molar-refractivity contribution >= 4 is 15.9 Å². The Hall–Kier alpha value is -2.60. The first-order chi connectivity index (χ1) is 14.3. The summed E-state index contributed by atoms with van der Waals surface area (Å²) >= 11 is 0. The predicted octanol–water partition coefficient (Wildman–Crippen LogP) is 3.63. The average Bonchev–Trinajstić information content (AvgIpc) is 2.70. The molecule has 3 rings (SSSR count). The summed E-state index contributed by atoms with van der Waals surface area (Å²) in [4.78, 5) is 11.8. The maximum absolute atomic E-state index is 12.8. The number of carbonyl (C=O) groups excluding carboxylic acids is 1. The fourth-order valence-corrected chi connectivity index (χ4v) is 4.24. The lowest BCUT2D eigenvalue weighted by Crippen LogP contribution is -2.43. The van der Waals surface area contributed by atoms with Gasteiger partial charge in [0, 0.05) is 19.6 Å². The number of nitrogens with zero attached hydrogens (tertiary/aromatic N) is 1. The fourth-order valence-electron chi connectivity index (χ4n) is 3.17. The lowest BCUT2D eigenvalue weighted by molar-refractivity contribution is -0.186. The van der Waals surface area contributed by atoms with Gasteiger partial charge >= 0.3 is 18.3 Å². The van der Waals surface area contributed by atoms with E-state index in [-0.39, 0.29) is 29.0 Å². The number of amides is 1. The summed E-state index contributed by atoms with van der Waals surface area (Å²) in [5.41, 5.74) is 0.0274. The van der Waals surface area contributed by atoms with E-state index in [4.69, 9.17) is 0 Å². The van der Waals surface area contributed by atoms with Crippen LogP contribution in [0.3, 0.4) is 0 Å². The Bertz CT molecular complexity index is 1100. The predicted molar refractivity (Wildman–Crippen MR) is 97.1 cm³/mol. The molecule has 0 radical (unpaired) electrons. The molecule has 0 fully saturated rings. The lowest BCUT2D eigenvalue weighted by Gasteiger charge is -2.29. The van der Waals surface area contributed by atoms with Crippen LogP contribution in [0.2, 0.25) is 0 Å². The number of hydrogen-bond acceptors (Lipinski definition) is 3. The molecule has 0 unspecified atom stereocenters. The molecule has 31 heavy (non-hydrogen) atoms. The van der Waals surface area contributed by atoms with Crippen molar-refractivity contribution in [3.8, 4) is 0 Å². The van der Waals surface area contributed by atoms with E-state index in [0.29, 0.717) is 10.5 Å². The first kappa shape index (κ1) is 23.1. The number of nitrogens with one attached hydrogen (secondary N) is 1. The van der Waals surface area contributed by atoms with Crippen molar-refractivity contribution in [2.75, 3.05) is 6.54 Å². The monoisotopic (exact) mass is 466 g/mol. The van der Waals surface area contributed by atoms with Gasteiger partial charge in [-0.1, -0.05) is 24.3 Å². The molecule has 0 atom stereocenters. The molecule has 0 spiro atoms. The molecule has 2 aromatic carbocycles. The van der Waals surface area contributed by atoms with E-state index in [0.717, 1.165) is 18.2 Å². The third-order valence-electron chi connectivity index (χ3n) is 4.75. The third kappa shape index (κ3) is 5.37. The Labute approximate surface area is 173 Å². The van der Waals surface area contributed by atoms with Gasteiger partial charge in [0.2, 0.25) is 10.0 Å². The molecule has 1 heterocycles. The van der Waals surface area contributed by atoms with Crippen LogP contribution in [0.15, 0.2) is 47.4 Å². The topological polar surface area (TPSA) is 66.5 Å². The van der Waals surface area contributed by atoms with Gasteiger partial charge in [0.25, 0.3) is 0 Å². The molecule has 0 aromatic heterocycles. The molecular weight excluding hydrogens is 450 g/mol. The van der Waals surface area contributed by atoms with Crippen LogP contribution in [0.25, 0.3) is 0 Å². The molecule has 168 valence electrons. The number of fused-ring (bicyclic) bond motifs is 1. The summed E-state index contributed by atoms with van der Waals surface area (Å²) in [5, 5.41) is 0. The van der Waals surface area contributed by atoms with E-state index >= 15 is 0 Å². The number of hydrogen-bond donors (Lipinski definition) is 1. The summed E-state index contributed by atoms with van der Waals surface area (Å²) in [7, 11) is -4.16. The van der Waals surface area contributed by atoms with Crippen molar-refractivity contribution in [1.82, 2.24) is 9.62 Å². The molecule has 0 saturated heterocycles. The van der Waals surface area contributed by atoms with Crippen LogP contribution >= 0.6 is 0 Å². The van der Waals surface area contributed by atoms with Crippen LogP contribution < -0.4 is 4.72 Å². The van der Waals surface area contributed by atoms with E-state index in [2.05, 4.69) is 4.72 Å². The third-order valence-corrected chi connectivity index (χ3v) is 6.15. The normalized spacial score (nSPS) is 15.0. The molecular formula is C19H16F6N2O3S. The summed E-state index contributed by atoms with van der Waals surface area (Å²) in [6.45, 7) is -0.960. The van der Waals surface area contributed by atoms with Crippen molar-refractivity contribution < 1.29 is 39.6 Å². The highest BCUT2D eigenvalue weighted by atomic mass is 32.2. The molecule has 0 bridgehead atoms. The summed E-state index contributed by atoms with van der Waals surface area (Å²) in [6.07, 6.45) is -9.48. The van der Waals surface area contributed by atoms with Crippen molar-refractivity contribution in [2.24, 2.45) is 0 Å². The minimum atomic E-state index is -5.03. The average molecular weight is 466 g/mol. The Kier molecular flexibility index (Phi) is 6.07. The van der Waals surface area contributed by atoms with Crippen LogP contribution in [-0.2, 0) is 40.5 Å². The lowest BCUT2D eigenvalue weighted by atomic mass is 10.00. The molecule has 1 N–H and O–H groups in total. The molecule has 1 aliphatic heterocycles. The molecule has 1 aliphatic rings. The zero-order valence-electron chi connectivity index (χ0n) is 15.7. The van der Waals surface area contributed by atoms with E-state index < -0.39 is 46.9 Å². The largest absolute Gasteiger partial charge is 0.471 e. The van der Waals surface area contributed by atoms with E-state index in [1.807, 2.05) is 0 Å². The maximum Gasteiger partial charge on any atom is 0.471 e. The number of alkyl halides is 6. The molecule has 0 saturated carbocycles. The van der Waals surface area contributed by atoms with Crippen LogP contribution in [0, 0.1) is 0 Å². The highest BCUT2D eigenvalue weighted by Crippen LogP contribution is 2.30. The highest BCUT2D eigenvalue weighted by Gasteiger charge is 2.43. The van der Waals surface area contributed by atoms with Gasteiger partial charge in [-0.05, 0) is 41.3 Å². The van der Waals surface area contributed by atoms with Gasteiger partial charge in [-0.15, -0.1) is 0 Å². The number of sulfonamides is 1. The summed E-state index contributed by atoms with van der Waals surface area (Å²) in [5.74, 6) is -2.01. The second-order valence-corrected chi connectivity index (χ2v) is 8.69. The van der Waals surface area contributed by atoms with Crippen molar-refractivity contribution in [1.29, 1.82) is 0 Å². The van der Waals surface area contributed by atoms with Crippen molar-refractivity contribution in [3.63, 3.8) is 0 Å². The highest BCUT2D eigenvalue weighted by molar-refractivity contribution is 7.89. The Morgan fingerprint density at radius 3 is 2.35 bits per heavy atom. The van der Waals surface area contributed by atoms with Gasteiger partial charge in [-0.2, -0.15) is 26.3 Å². The van der Waals surface area contributed by atoms with Gasteiger partial charge in [0.05, 0.1) is 10.5 Å². The molecule has 0 aliphatic carbocycles. The molecule has 2 aromatic rings. The number of benzene rings is 2. The maximum atomic E-state index is 12.8. The smallest absolute Gasteiger partial charge is 0.330 e. The summed E-state index contributed by atoms with van der Waals surface area (Å²) < 4.78 is 104. The van der Waals surface area contributed by atoms with Gasteiger partial charge in [-0.3, -0.25) is 4.79 Å². The van der Waals surface area contributed by atoms with Crippen LogP contribution in [0.4, 0.5) is 26.3 Å². The minimum absolute atomic E-state index is 0.0818.